The molecule has 326 valence electrons. The van der Waals surface area contributed by atoms with Crippen LogP contribution in [0.25, 0.3) is 11.1 Å². The highest BCUT2D eigenvalue weighted by Gasteiger charge is 2.35. The zero-order chi connectivity index (χ0) is 43.5. The second kappa shape index (κ2) is 20.9. The van der Waals surface area contributed by atoms with Crippen LogP contribution in [0.1, 0.15) is 85.8 Å². The van der Waals surface area contributed by atoms with Crippen molar-refractivity contribution in [2.45, 2.75) is 84.1 Å². The van der Waals surface area contributed by atoms with E-state index in [1.807, 2.05) is 17.0 Å². The first-order valence-electron chi connectivity index (χ1n) is 22.2. The van der Waals surface area contributed by atoms with E-state index in [9.17, 15) is 22.8 Å². The number of halogens is 3. The van der Waals surface area contributed by atoms with Crippen molar-refractivity contribution < 1.29 is 22.8 Å². The zero-order valence-electron chi connectivity index (χ0n) is 35.9. The second-order valence-corrected chi connectivity index (χ2v) is 16.4. The molecule has 12 heteroatoms. The lowest BCUT2D eigenvalue weighted by atomic mass is 9.84. The molecule has 1 saturated carbocycles. The van der Waals surface area contributed by atoms with Gasteiger partial charge in [0.2, 0.25) is 5.91 Å². The van der Waals surface area contributed by atoms with Crippen LogP contribution in [0.5, 0.6) is 0 Å². The summed E-state index contributed by atoms with van der Waals surface area (Å²) >= 11 is 0. The number of alkyl halides is 3. The van der Waals surface area contributed by atoms with Gasteiger partial charge in [0.15, 0.2) is 11.6 Å². The van der Waals surface area contributed by atoms with Crippen LogP contribution >= 0.6 is 0 Å². The lowest BCUT2D eigenvalue weighted by Gasteiger charge is -2.37. The molecule has 1 saturated heterocycles. The first kappa shape index (κ1) is 44.3. The number of nitrogens with one attached hydrogen (secondary N) is 1. The molecule has 2 fully saturated rings. The van der Waals surface area contributed by atoms with Gasteiger partial charge in [-0.1, -0.05) is 97.4 Å². The molecular weight excluding hydrogens is 788 g/mol. The van der Waals surface area contributed by atoms with Crippen molar-refractivity contribution in [2.75, 3.05) is 54.0 Å². The van der Waals surface area contributed by atoms with Crippen LogP contribution in [0.2, 0.25) is 0 Å². The molecule has 9 nitrogen and oxygen atoms in total. The minimum absolute atomic E-state index is 0.0135. The molecular formula is C50H58F3N7O2. The molecule has 1 aromatic heterocycles. The first-order valence-corrected chi connectivity index (χ1v) is 22.2. The van der Waals surface area contributed by atoms with E-state index in [1.165, 1.54) is 23.3 Å². The van der Waals surface area contributed by atoms with Crippen molar-refractivity contribution in [2.24, 2.45) is 5.92 Å². The van der Waals surface area contributed by atoms with Gasteiger partial charge in [-0.15, -0.1) is 0 Å². The molecule has 0 spiro atoms. The molecule has 2 amide bonds. The summed E-state index contributed by atoms with van der Waals surface area (Å²) < 4.78 is 39.6. The van der Waals surface area contributed by atoms with Crippen molar-refractivity contribution >= 4 is 29.1 Å². The molecule has 0 radical (unpaired) electrons. The third-order valence-electron chi connectivity index (χ3n) is 12.3. The fraction of sp³-hybridized carbons (Fsp3) is 0.400. The summed E-state index contributed by atoms with van der Waals surface area (Å²) in [5, 5.41) is 3.19. The third kappa shape index (κ3) is 11.0. The van der Waals surface area contributed by atoms with Crippen molar-refractivity contribution in [3.63, 3.8) is 0 Å². The molecule has 2 aliphatic rings. The Morgan fingerprint density at radius 1 is 0.726 bits per heavy atom. The van der Waals surface area contributed by atoms with Crippen LogP contribution < -0.4 is 20.0 Å². The molecule has 7 rings (SSSR count). The highest BCUT2D eigenvalue weighted by atomic mass is 19.4. The normalized spacial score (nSPS) is 14.9. The van der Waals surface area contributed by atoms with E-state index in [0.717, 1.165) is 94.0 Å². The summed E-state index contributed by atoms with van der Waals surface area (Å²) in [4.78, 5) is 46.9. The van der Waals surface area contributed by atoms with Gasteiger partial charge >= 0.3 is 6.18 Å². The summed E-state index contributed by atoms with van der Waals surface area (Å²) in [6.07, 6.45) is 3.34. The largest absolute Gasteiger partial charge is 0.416 e. The Morgan fingerprint density at radius 2 is 1.29 bits per heavy atom. The average molecular weight is 846 g/mol. The van der Waals surface area contributed by atoms with Crippen LogP contribution in [-0.2, 0) is 24.1 Å². The molecule has 0 unspecified atom stereocenters. The van der Waals surface area contributed by atoms with Gasteiger partial charge < -0.3 is 24.9 Å². The minimum Gasteiger partial charge on any atom is -0.351 e. The maximum absolute atomic E-state index is 14.6. The van der Waals surface area contributed by atoms with Crippen molar-refractivity contribution in [3.8, 4) is 11.1 Å². The molecule has 5 aromatic rings. The second-order valence-electron chi connectivity index (χ2n) is 16.4. The summed E-state index contributed by atoms with van der Waals surface area (Å²) in [6, 6.07) is 32.7. The van der Waals surface area contributed by atoms with E-state index in [1.54, 1.807) is 30.6 Å². The van der Waals surface area contributed by atoms with Gasteiger partial charge in [0.1, 0.15) is 12.0 Å². The predicted octanol–water partition coefficient (Wildman–Crippen LogP) is 10.0. The Hall–Kier alpha value is -5.75. The SMILES string of the molecule is CCN(Cc1ccccc1)c1ncnc(N(CC)Cc2ccccc2)c1N(CCCCN1CCC(NC(=O)c2ccccc2-c2ccc(C(F)(F)F)cc2)CC1)C(=O)C1CCC1. The van der Waals surface area contributed by atoms with E-state index in [0.29, 0.717) is 49.4 Å². The van der Waals surface area contributed by atoms with Gasteiger partial charge in [-0.2, -0.15) is 13.2 Å². The van der Waals surface area contributed by atoms with Gasteiger partial charge in [0, 0.05) is 63.3 Å². The average Bonchev–Trinajstić information content (AvgIpc) is 3.27. The topological polar surface area (TPSA) is 84.9 Å². The summed E-state index contributed by atoms with van der Waals surface area (Å²) in [7, 11) is 0. The number of benzene rings is 4. The Kier molecular flexibility index (Phi) is 14.9. The number of carbonyl (C=O) groups excluding carboxylic acids is 2. The van der Waals surface area contributed by atoms with Gasteiger partial charge in [0.25, 0.3) is 5.91 Å². The minimum atomic E-state index is -4.43. The molecule has 0 atom stereocenters. The Bertz CT molecular complexity index is 2140. The van der Waals surface area contributed by atoms with Gasteiger partial charge in [-0.25, -0.2) is 9.97 Å². The number of amides is 2. The Labute approximate surface area is 364 Å². The van der Waals surface area contributed by atoms with E-state index in [4.69, 9.17) is 9.97 Å². The van der Waals surface area contributed by atoms with Crippen molar-refractivity contribution in [1.29, 1.82) is 0 Å². The number of aromatic nitrogens is 2. The number of rotatable bonds is 18. The Morgan fingerprint density at radius 3 is 1.82 bits per heavy atom. The number of hydrogen-bond acceptors (Lipinski definition) is 7. The lowest BCUT2D eigenvalue weighted by molar-refractivity contribution is -0.137. The Balaban J connectivity index is 1.02. The number of likely N-dealkylation sites (tertiary alicyclic amines) is 1. The smallest absolute Gasteiger partial charge is 0.351 e. The molecule has 2 heterocycles. The van der Waals surface area contributed by atoms with Crippen LogP contribution in [0.3, 0.4) is 0 Å². The van der Waals surface area contributed by atoms with Gasteiger partial charge in [0.05, 0.1) is 5.56 Å². The standard InChI is InChI=1S/C50H58F3N7O2/c1-3-58(34-37-16-7-5-8-17-37)46-45(47(55-36-54-46)59(4-2)35-38-18-9-6-10-19-38)60(49(62)40-20-15-21-40)31-14-13-30-57-32-28-42(29-33-57)56-48(61)44-23-12-11-22-43(44)39-24-26-41(27-25-39)50(51,52)53/h5-12,16-19,22-27,36,40,42H,3-4,13-15,20-21,28-35H2,1-2H3,(H,56,61). The maximum atomic E-state index is 14.6. The monoisotopic (exact) mass is 845 g/mol. The number of nitrogens with zero attached hydrogens (tertiary/aromatic N) is 6. The van der Waals surface area contributed by atoms with E-state index < -0.39 is 11.7 Å². The number of anilines is 3. The summed E-state index contributed by atoms with van der Waals surface area (Å²) in [6.45, 7) is 10.1. The van der Waals surface area contributed by atoms with Crippen molar-refractivity contribution in [1.82, 2.24) is 20.2 Å². The van der Waals surface area contributed by atoms with E-state index in [-0.39, 0.29) is 23.8 Å². The number of piperidine rings is 1. The highest BCUT2D eigenvalue weighted by Crippen LogP contribution is 2.40. The summed E-state index contributed by atoms with van der Waals surface area (Å²) in [5.41, 5.74) is 3.99. The van der Waals surface area contributed by atoms with Crippen LogP contribution in [0.4, 0.5) is 30.5 Å². The fourth-order valence-electron chi connectivity index (χ4n) is 8.49. The molecule has 62 heavy (non-hydrogen) atoms. The lowest BCUT2D eigenvalue weighted by Crippen LogP contribution is -2.45. The molecule has 0 bridgehead atoms. The number of hydrogen-bond donors (Lipinski definition) is 1. The molecule has 1 aliphatic carbocycles. The third-order valence-corrected chi connectivity index (χ3v) is 12.3. The van der Waals surface area contributed by atoms with E-state index >= 15 is 0 Å². The number of carbonyl (C=O) groups is 2. The quantitative estimate of drug-likeness (QED) is 0.0880. The molecule has 1 aliphatic heterocycles. The highest BCUT2D eigenvalue weighted by molar-refractivity contribution is 6.02. The number of unbranched alkanes of at least 4 members (excludes halogenated alkanes) is 1. The summed E-state index contributed by atoms with van der Waals surface area (Å²) in [5.74, 6) is 1.45. The predicted molar refractivity (Wildman–Crippen MR) is 241 cm³/mol. The van der Waals surface area contributed by atoms with Crippen LogP contribution in [0.15, 0.2) is 116 Å². The first-order chi connectivity index (χ1) is 30.1. The maximum Gasteiger partial charge on any atom is 0.416 e. The van der Waals surface area contributed by atoms with Crippen molar-refractivity contribution in [3.05, 3.63) is 138 Å². The zero-order valence-corrected chi connectivity index (χ0v) is 35.9. The van der Waals surface area contributed by atoms with Gasteiger partial charge in [-0.3, -0.25) is 9.59 Å². The fourth-order valence-corrected chi connectivity index (χ4v) is 8.49. The molecule has 4 aromatic carbocycles. The molecule has 1 N–H and O–H groups in total. The van der Waals surface area contributed by atoms with Crippen LogP contribution in [0, 0.1) is 5.92 Å². The van der Waals surface area contributed by atoms with Gasteiger partial charge in [-0.05, 0) is 99.4 Å². The van der Waals surface area contributed by atoms with Crippen LogP contribution in [-0.4, -0.2) is 72.0 Å². The van der Waals surface area contributed by atoms with E-state index in [2.05, 4.69) is 82.4 Å².